The number of pyridine rings is 1. The zero-order valence-corrected chi connectivity index (χ0v) is 12.2. The monoisotopic (exact) mass is 282 g/mol. The van der Waals surface area contributed by atoms with Crippen molar-refractivity contribution in [1.82, 2.24) is 9.88 Å². The summed E-state index contributed by atoms with van der Waals surface area (Å²) in [6.45, 7) is 2.89. The van der Waals surface area contributed by atoms with Crippen molar-refractivity contribution in [2.24, 2.45) is 5.92 Å². The fourth-order valence-electron chi connectivity index (χ4n) is 3.10. The second kappa shape index (κ2) is 6.83. The maximum atomic E-state index is 10.3. The van der Waals surface area contributed by atoms with Crippen LogP contribution in [0.4, 0.5) is 0 Å². The molecule has 1 aliphatic rings. The van der Waals surface area contributed by atoms with Gasteiger partial charge in [-0.25, -0.2) is 0 Å². The van der Waals surface area contributed by atoms with Gasteiger partial charge in [-0.2, -0.15) is 0 Å². The van der Waals surface area contributed by atoms with Gasteiger partial charge in [-0.3, -0.25) is 9.88 Å². The molecule has 3 rings (SSSR count). The van der Waals surface area contributed by atoms with Crippen molar-refractivity contribution in [3.05, 3.63) is 66.0 Å². The van der Waals surface area contributed by atoms with Crippen LogP contribution in [0.5, 0.6) is 0 Å². The summed E-state index contributed by atoms with van der Waals surface area (Å²) >= 11 is 0. The van der Waals surface area contributed by atoms with Crippen molar-refractivity contribution in [3.8, 4) is 0 Å². The first kappa shape index (κ1) is 14.2. The van der Waals surface area contributed by atoms with E-state index in [2.05, 4.69) is 46.3 Å². The largest absolute Gasteiger partial charge is 0.393 e. The van der Waals surface area contributed by atoms with Gasteiger partial charge in [0.2, 0.25) is 0 Å². The predicted octanol–water partition coefficient (Wildman–Crippen LogP) is 2.51. The molecule has 2 aromatic rings. The maximum Gasteiger partial charge on any atom is 0.0596 e. The molecule has 21 heavy (non-hydrogen) atoms. The molecule has 2 unspecified atom stereocenters. The lowest BCUT2D eigenvalue weighted by Gasteiger charge is -2.36. The first-order valence-electron chi connectivity index (χ1n) is 7.64. The van der Waals surface area contributed by atoms with E-state index in [1.54, 1.807) is 6.20 Å². The lowest BCUT2D eigenvalue weighted by Crippen LogP contribution is -2.43. The second-order valence-corrected chi connectivity index (χ2v) is 5.90. The number of benzene rings is 1. The first-order chi connectivity index (χ1) is 10.3. The fourth-order valence-corrected chi connectivity index (χ4v) is 3.10. The van der Waals surface area contributed by atoms with E-state index in [1.807, 2.05) is 12.3 Å². The molecule has 0 bridgehead atoms. The van der Waals surface area contributed by atoms with Crippen LogP contribution in [0.25, 0.3) is 0 Å². The van der Waals surface area contributed by atoms with Gasteiger partial charge in [0, 0.05) is 37.9 Å². The van der Waals surface area contributed by atoms with Gasteiger partial charge in [-0.1, -0.05) is 36.4 Å². The van der Waals surface area contributed by atoms with Crippen LogP contribution < -0.4 is 0 Å². The molecule has 1 aliphatic heterocycles. The predicted molar refractivity (Wildman–Crippen MR) is 83.8 cm³/mol. The minimum absolute atomic E-state index is 0.197. The molecule has 1 aromatic carbocycles. The molecule has 0 spiro atoms. The fraction of sp³-hybridized carbons (Fsp3) is 0.389. The number of rotatable bonds is 4. The van der Waals surface area contributed by atoms with Crippen LogP contribution in [0.2, 0.25) is 0 Å². The van der Waals surface area contributed by atoms with Crippen molar-refractivity contribution in [2.45, 2.75) is 25.5 Å². The lowest BCUT2D eigenvalue weighted by atomic mass is 9.89. The summed E-state index contributed by atoms with van der Waals surface area (Å²) in [5, 5.41) is 10.3. The molecular weight excluding hydrogens is 260 g/mol. The minimum Gasteiger partial charge on any atom is -0.393 e. The van der Waals surface area contributed by atoms with Gasteiger partial charge in [0.25, 0.3) is 0 Å². The molecule has 1 fully saturated rings. The van der Waals surface area contributed by atoms with E-state index in [-0.39, 0.29) is 6.10 Å². The molecule has 1 N–H and O–H groups in total. The summed E-state index contributed by atoms with van der Waals surface area (Å²) in [5.41, 5.74) is 2.55. The molecule has 2 atom stereocenters. The van der Waals surface area contributed by atoms with E-state index < -0.39 is 0 Å². The molecule has 1 saturated heterocycles. The molecular formula is C18H22N2O. The first-order valence-corrected chi connectivity index (χ1v) is 7.64. The highest BCUT2D eigenvalue weighted by molar-refractivity contribution is 5.15. The van der Waals surface area contributed by atoms with Gasteiger partial charge in [0.15, 0.2) is 0 Å². The van der Waals surface area contributed by atoms with Gasteiger partial charge >= 0.3 is 0 Å². The van der Waals surface area contributed by atoms with Gasteiger partial charge in [0.05, 0.1) is 6.10 Å². The van der Waals surface area contributed by atoms with Gasteiger partial charge in [0.1, 0.15) is 0 Å². The molecule has 0 aliphatic carbocycles. The Bertz CT molecular complexity index is 544. The number of piperidine rings is 1. The summed E-state index contributed by atoms with van der Waals surface area (Å²) < 4.78 is 0. The molecule has 1 aromatic heterocycles. The standard InChI is InChI=1S/C18H22N2O/c21-18-8-10-20(13-15-5-2-1-3-6-15)14-17(18)11-16-7-4-9-19-12-16/h1-7,9,12,17-18,21H,8,10-11,13-14H2. The van der Waals surface area contributed by atoms with Crippen molar-refractivity contribution in [3.63, 3.8) is 0 Å². The summed E-state index contributed by atoms with van der Waals surface area (Å²) in [6, 6.07) is 14.6. The Hall–Kier alpha value is -1.71. The van der Waals surface area contributed by atoms with Crippen LogP contribution >= 0.6 is 0 Å². The summed E-state index contributed by atoms with van der Waals surface area (Å²) in [6.07, 6.45) is 5.26. The smallest absolute Gasteiger partial charge is 0.0596 e. The number of aliphatic hydroxyl groups is 1. The zero-order valence-electron chi connectivity index (χ0n) is 12.2. The summed E-state index contributed by atoms with van der Waals surface area (Å²) in [7, 11) is 0. The maximum absolute atomic E-state index is 10.3. The average molecular weight is 282 g/mol. The number of likely N-dealkylation sites (tertiary alicyclic amines) is 1. The average Bonchev–Trinajstić information content (AvgIpc) is 2.53. The zero-order chi connectivity index (χ0) is 14.5. The van der Waals surface area contributed by atoms with Crippen LogP contribution in [0.15, 0.2) is 54.9 Å². The molecule has 0 saturated carbocycles. The van der Waals surface area contributed by atoms with E-state index in [9.17, 15) is 5.11 Å². The number of nitrogens with zero attached hydrogens (tertiary/aromatic N) is 2. The second-order valence-electron chi connectivity index (χ2n) is 5.90. The van der Waals surface area contributed by atoms with Crippen LogP contribution in [0, 0.1) is 5.92 Å². The minimum atomic E-state index is -0.197. The topological polar surface area (TPSA) is 36.4 Å². The van der Waals surface area contributed by atoms with E-state index in [0.29, 0.717) is 5.92 Å². The highest BCUT2D eigenvalue weighted by Gasteiger charge is 2.27. The molecule has 0 amide bonds. The highest BCUT2D eigenvalue weighted by atomic mass is 16.3. The van der Waals surface area contributed by atoms with Crippen LogP contribution in [0.3, 0.4) is 0 Å². The molecule has 110 valence electrons. The van der Waals surface area contributed by atoms with Crippen LogP contribution in [-0.2, 0) is 13.0 Å². The Balaban J connectivity index is 1.62. The number of aliphatic hydroxyl groups excluding tert-OH is 1. The van der Waals surface area contributed by atoms with Gasteiger partial charge in [-0.15, -0.1) is 0 Å². The van der Waals surface area contributed by atoms with E-state index in [1.165, 1.54) is 11.1 Å². The highest BCUT2D eigenvalue weighted by Crippen LogP contribution is 2.22. The van der Waals surface area contributed by atoms with Crippen molar-refractivity contribution in [2.75, 3.05) is 13.1 Å². The lowest BCUT2D eigenvalue weighted by molar-refractivity contribution is 0.0239. The summed E-state index contributed by atoms with van der Waals surface area (Å²) in [5.74, 6) is 0.298. The molecule has 2 heterocycles. The van der Waals surface area contributed by atoms with E-state index >= 15 is 0 Å². The third kappa shape index (κ3) is 3.90. The van der Waals surface area contributed by atoms with Gasteiger partial charge in [-0.05, 0) is 30.0 Å². The number of hydrogen-bond acceptors (Lipinski definition) is 3. The molecule has 0 radical (unpaired) electrons. The van der Waals surface area contributed by atoms with Gasteiger partial charge < -0.3 is 5.11 Å². The quantitative estimate of drug-likeness (QED) is 0.936. The third-order valence-corrected chi connectivity index (χ3v) is 4.25. The van der Waals surface area contributed by atoms with Crippen molar-refractivity contribution >= 4 is 0 Å². The Morgan fingerprint density at radius 2 is 1.90 bits per heavy atom. The third-order valence-electron chi connectivity index (χ3n) is 4.25. The molecule has 3 nitrogen and oxygen atoms in total. The Labute approximate surface area is 126 Å². The number of aromatic nitrogens is 1. The van der Waals surface area contributed by atoms with Crippen LogP contribution in [-0.4, -0.2) is 34.2 Å². The summed E-state index contributed by atoms with van der Waals surface area (Å²) in [4.78, 5) is 6.61. The van der Waals surface area contributed by atoms with Crippen molar-refractivity contribution < 1.29 is 5.11 Å². The normalized spacial score (nSPS) is 23.1. The number of hydrogen-bond donors (Lipinski definition) is 1. The van der Waals surface area contributed by atoms with E-state index in [4.69, 9.17) is 0 Å². The SMILES string of the molecule is OC1CCN(Cc2ccccc2)CC1Cc1cccnc1. The Morgan fingerprint density at radius 3 is 2.67 bits per heavy atom. The van der Waals surface area contributed by atoms with Crippen molar-refractivity contribution in [1.29, 1.82) is 0 Å². The van der Waals surface area contributed by atoms with E-state index in [0.717, 1.165) is 32.5 Å². The van der Waals surface area contributed by atoms with Crippen LogP contribution in [0.1, 0.15) is 17.5 Å². The Morgan fingerprint density at radius 1 is 1.10 bits per heavy atom. The molecule has 3 heteroatoms. The Kier molecular flexibility index (Phi) is 4.63.